The van der Waals surface area contributed by atoms with E-state index in [4.69, 9.17) is 0 Å². The number of rotatable bonds is 3. The summed E-state index contributed by atoms with van der Waals surface area (Å²) in [7, 11) is 0. The van der Waals surface area contributed by atoms with Crippen molar-refractivity contribution in [3.63, 3.8) is 0 Å². The second-order valence-electron chi connectivity index (χ2n) is 3.79. The Hall–Kier alpha value is -2.23. The van der Waals surface area contributed by atoms with Crippen LogP contribution in [0.3, 0.4) is 0 Å². The number of benzene rings is 1. The van der Waals surface area contributed by atoms with E-state index in [0.29, 0.717) is 12.2 Å². The van der Waals surface area contributed by atoms with Gasteiger partial charge in [-0.3, -0.25) is 9.59 Å². The van der Waals surface area contributed by atoms with Crippen LogP contribution in [0.5, 0.6) is 0 Å². The van der Waals surface area contributed by atoms with Gasteiger partial charge in [0.25, 0.3) is 0 Å². The first kappa shape index (κ1) is 11.3. The Balaban J connectivity index is 2.31. The maximum Gasteiger partial charge on any atom is 0.217 e. The van der Waals surface area contributed by atoms with E-state index >= 15 is 0 Å². The first-order valence-corrected chi connectivity index (χ1v) is 5.28. The summed E-state index contributed by atoms with van der Waals surface area (Å²) in [6.45, 7) is 1.99. The quantitative estimate of drug-likeness (QED) is 0.813. The summed E-state index contributed by atoms with van der Waals surface area (Å²) in [4.78, 5) is 25.6. The van der Waals surface area contributed by atoms with Crippen molar-refractivity contribution in [3.05, 3.63) is 41.6 Å². The second-order valence-corrected chi connectivity index (χ2v) is 3.79. The van der Waals surface area contributed by atoms with Crippen LogP contribution in [-0.2, 0) is 11.3 Å². The van der Waals surface area contributed by atoms with E-state index in [1.165, 1.54) is 6.92 Å². The molecule has 0 unspecified atom stereocenters. The SMILES string of the molecule is CC(=O)NCc1ccc2nc(C=O)ccc2c1. The Morgan fingerprint density at radius 2 is 2.18 bits per heavy atom. The fraction of sp³-hybridized carbons (Fsp3) is 0.154. The molecule has 0 aliphatic rings. The van der Waals surface area contributed by atoms with Gasteiger partial charge in [0.05, 0.1) is 5.52 Å². The largest absolute Gasteiger partial charge is 0.352 e. The molecule has 1 heterocycles. The van der Waals surface area contributed by atoms with Gasteiger partial charge in [-0.2, -0.15) is 0 Å². The van der Waals surface area contributed by atoms with Crippen LogP contribution in [0.4, 0.5) is 0 Å². The number of hydrogen-bond acceptors (Lipinski definition) is 3. The lowest BCUT2D eigenvalue weighted by Crippen LogP contribution is -2.18. The van der Waals surface area contributed by atoms with E-state index in [2.05, 4.69) is 10.3 Å². The van der Waals surface area contributed by atoms with E-state index in [1.807, 2.05) is 24.3 Å². The third kappa shape index (κ3) is 2.66. The summed E-state index contributed by atoms with van der Waals surface area (Å²) < 4.78 is 0. The molecule has 4 nitrogen and oxygen atoms in total. The minimum absolute atomic E-state index is 0.0560. The normalized spacial score (nSPS) is 10.2. The van der Waals surface area contributed by atoms with Gasteiger partial charge in [-0.05, 0) is 23.8 Å². The summed E-state index contributed by atoms with van der Waals surface area (Å²) in [5.74, 6) is -0.0560. The van der Waals surface area contributed by atoms with Gasteiger partial charge in [0, 0.05) is 18.9 Å². The number of aldehydes is 1. The first-order valence-electron chi connectivity index (χ1n) is 5.28. The number of hydrogen-bond donors (Lipinski definition) is 1. The molecule has 1 N–H and O–H groups in total. The third-order valence-electron chi connectivity index (χ3n) is 2.44. The van der Waals surface area contributed by atoms with Gasteiger partial charge in [-0.15, -0.1) is 0 Å². The number of aromatic nitrogens is 1. The predicted octanol–water partition coefficient (Wildman–Crippen LogP) is 1.68. The number of nitrogens with zero attached hydrogens (tertiary/aromatic N) is 1. The van der Waals surface area contributed by atoms with Crippen molar-refractivity contribution in [2.45, 2.75) is 13.5 Å². The molecule has 1 aromatic heterocycles. The van der Waals surface area contributed by atoms with Gasteiger partial charge in [0.1, 0.15) is 5.69 Å². The fourth-order valence-electron chi connectivity index (χ4n) is 1.59. The lowest BCUT2D eigenvalue weighted by molar-refractivity contribution is -0.119. The van der Waals surface area contributed by atoms with Crippen LogP contribution in [0, 0.1) is 0 Å². The summed E-state index contributed by atoms with van der Waals surface area (Å²) in [5.41, 5.74) is 2.21. The predicted molar refractivity (Wildman–Crippen MR) is 64.7 cm³/mol. The van der Waals surface area contributed by atoms with Gasteiger partial charge in [-0.25, -0.2) is 4.98 Å². The number of fused-ring (bicyclic) bond motifs is 1. The lowest BCUT2D eigenvalue weighted by Gasteiger charge is -2.04. The molecule has 2 rings (SSSR count). The molecule has 4 heteroatoms. The van der Waals surface area contributed by atoms with Crippen molar-refractivity contribution in [3.8, 4) is 0 Å². The maximum absolute atomic E-state index is 10.8. The van der Waals surface area contributed by atoms with Crippen LogP contribution in [0.1, 0.15) is 23.0 Å². The summed E-state index contributed by atoms with van der Waals surface area (Å²) in [5, 5.41) is 3.69. The van der Waals surface area contributed by atoms with E-state index < -0.39 is 0 Å². The molecule has 0 spiro atoms. The van der Waals surface area contributed by atoms with E-state index in [-0.39, 0.29) is 5.91 Å². The van der Waals surface area contributed by atoms with Crippen molar-refractivity contribution >= 4 is 23.1 Å². The van der Waals surface area contributed by atoms with Gasteiger partial charge < -0.3 is 5.32 Å². The van der Waals surface area contributed by atoms with Gasteiger partial charge in [0.2, 0.25) is 5.91 Å². The van der Waals surface area contributed by atoms with Gasteiger partial charge in [0.15, 0.2) is 6.29 Å². The summed E-state index contributed by atoms with van der Waals surface area (Å²) in [6.07, 6.45) is 0.727. The van der Waals surface area contributed by atoms with E-state index in [1.54, 1.807) is 6.07 Å². The summed E-state index contributed by atoms with van der Waals surface area (Å²) >= 11 is 0. The van der Waals surface area contributed by atoms with Crippen LogP contribution < -0.4 is 5.32 Å². The van der Waals surface area contributed by atoms with Crippen molar-refractivity contribution < 1.29 is 9.59 Å². The average molecular weight is 228 g/mol. The molecule has 1 amide bonds. The monoisotopic (exact) mass is 228 g/mol. The molecule has 0 atom stereocenters. The Morgan fingerprint density at radius 3 is 2.88 bits per heavy atom. The van der Waals surface area contributed by atoms with Crippen molar-refractivity contribution in [2.75, 3.05) is 0 Å². The number of nitrogens with one attached hydrogen (secondary N) is 1. The van der Waals surface area contributed by atoms with E-state index in [0.717, 1.165) is 22.8 Å². The highest BCUT2D eigenvalue weighted by molar-refractivity contribution is 5.84. The Morgan fingerprint density at radius 1 is 1.35 bits per heavy atom. The Bertz CT molecular complexity index is 579. The smallest absolute Gasteiger partial charge is 0.217 e. The minimum atomic E-state index is -0.0560. The van der Waals surface area contributed by atoms with Crippen LogP contribution >= 0.6 is 0 Å². The molecule has 0 saturated heterocycles. The zero-order valence-electron chi connectivity index (χ0n) is 9.43. The van der Waals surface area contributed by atoms with Crippen LogP contribution in [0.15, 0.2) is 30.3 Å². The minimum Gasteiger partial charge on any atom is -0.352 e. The average Bonchev–Trinajstić information content (AvgIpc) is 2.35. The molecule has 2 aromatic rings. The number of amides is 1. The topological polar surface area (TPSA) is 59.1 Å². The molecule has 1 aromatic carbocycles. The number of carbonyl (C=O) groups is 2. The highest BCUT2D eigenvalue weighted by Crippen LogP contribution is 2.14. The molecule has 86 valence electrons. The zero-order chi connectivity index (χ0) is 12.3. The first-order chi connectivity index (χ1) is 8.19. The molecular weight excluding hydrogens is 216 g/mol. The maximum atomic E-state index is 10.8. The van der Waals surface area contributed by atoms with Crippen molar-refractivity contribution in [1.82, 2.24) is 10.3 Å². The highest BCUT2D eigenvalue weighted by atomic mass is 16.1. The highest BCUT2D eigenvalue weighted by Gasteiger charge is 2.00. The number of carbonyl (C=O) groups excluding carboxylic acids is 2. The van der Waals surface area contributed by atoms with Crippen LogP contribution in [0.25, 0.3) is 10.9 Å². The third-order valence-corrected chi connectivity index (χ3v) is 2.44. The standard InChI is InChI=1S/C13H12N2O2/c1-9(17)14-7-10-2-5-13-11(6-10)3-4-12(8-16)15-13/h2-6,8H,7H2,1H3,(H,14,17). The van der Waals surface area contributed by atoms with Crippen molar-refractivity contribution in [2.24, 2.45) is 0 Å². The lowest BCUT2D eigenvalue weighted by atomic mass is 10.1. The molecular formula is C13H12N2O2. The molecule has 0 saturated carbocycles. The Labute approximate surface area is 98.7 Å². The Kier molecular flexibility index (Phi) is 3.14. The van der Waals surface area contributed by atoms with Crippen LogP contribution in [-0.4, -0.2) is 17.2 Å². The van der Waals surface area contributed by atoms with Crippen LogP contribution in [0.2, 0.25) is 0 Å². The second kappa shape index (κ2) is 4.74. The zero-order valence-corrected chi connectivity index (χ0v) is 9.43. The molecule has 17 heavy (non-hydrogen) atoms. The van der Waals surface area contributed by atoms with E-state index in [9.17, 15) is 9.59 Å². The van der Waals surface area contributed by atoms with Gasteiger partial charge >= 0.3 is 0 Å². The van der Waals surface area contributed by atoms with Gasteiger partial charge in [-0.1, -0.05) is 12.1 Å². The molecule has 0 bridgehead atoms. The molecule has 0 fully saturated rings. The molecule has 0 radical (unpaired) electrons. The molecule has 0 aliphatic heterocycles. The number of pyridine rings is 1. The molecule has 0 aliphatic carbocycles. The van der Waals surface area contributed by atoms with Crippen molar-refractivity contribution in [1.29, 1.82) is 0 Å². The summed E-state index contributed by atoms with van der Waals surface area (Å²) in [6, 6.07) is 9.22. The fourth-order valence-corrected chi connectivity index (χ4v) is 1.59.